The van der Waals surface area contributed by atoms with Gasteiger partial charge in [0.15, 0.2) is 0 Å². The molecule has 1 aromatic carbocycles. The number of benzene rings is 1. The van der Waals surface area contributed by atoms with Crippen molar-refractivity contribution in [2.24, 2.45) is 0 Å². The van der Waals surface area contributed by atoms with Crippen LogP contribution >= 0.6 is 15.9 Å². The SMILES string of the molecule is COc1cc(CNC(=O)c2ccc(Br)cc2OC(C)C)ccn1. The molecule has 0 saturated heterocycles. The second-order valence-corrected chi connectivity index (χ2v) is 6.11. The van der Waals surface area contributed by atoms with E-state index in [0.717, 1.165) is 10.0 Å². The molecule has 1 amide bonds. The van der Waals surface area contributed by atoms with Gasteiger partial charge in [0, 0.05) is 23.3 Å². The molecular weight excluding hydrogens is 360 g/mol. The monoisotopic (exact) mass is 378 g/mol. The number of aromatic nitrogens is 1. The van der Waals surface area contributed by atoms with Crippen LogP contribution in [-0.2, 0) is 6.54 Å². The topological polar surface area (TPSA) is 60.5 Å². The lowest BCUT2D eigenvalue weighted by Gasteiger charge is -2.14. The van der Waals surface area contributed by atoms with Crippen LogP contribution in [0.25, 0.3) is 0 Å². The summed E-state index contributed by atoms with van der Waals surface area (Å²) in [5.41, 5.74) is 1.41. The Bertz CT molecular complexity index is 689. The van der Waals surface area contributed by atoms with Crippen LogP contribution in [0.15, 0.2) is 41.0 Å². The molecule has 0 fully saturated rings. The van der Waals surface area contributed by atoms with Crippen LogP contribution in [-0.4, -0.2) is 24.1 Å². The number of amides is 1. The molecule has 0 aliphatic rings. The highest BCUT2D eigenvalue weighted by Gasteiger charge is 2.14. The van der Waals surface area contributed by atoms with Gasteiger partial charge in [-0.05, 0) is 43.7 Å². The molecule has 1 aromatic heterocycles. The summed E-state index contributed by atoms with van der Waals surface area (Å²) < 4.78 is 11.7. The van der Waals surface area contributed by atoms with Gasteiger partial charge in [-0.1, -0.05) is 15.9 Å². The number of ether oxygens (including phenoxy) is 2. The highest BCUT2D eigenvalue weighted by atomic mass is 79.9. The summed E-state index contributed by atoms with van der Waals surface area (Å²) in [5, 5.41) is 2.88. The van der Waals surface area contributed by atoms with E-state index in [0.29, 0.717) is 23.7 Å². The molecule has 1 heterocycles. The number of carbonyl (C=O) groups is 1. The number of carbonyl (C=O) groups excluding carboxylic acids is 1. The van der Waals surface area contributed by atoms with E-state index in [1.165, 1.54) is 0 Å². The Kier molecular flexibility index (Phi) is 5.98. The van der Waals surface area contributed by atoms with E-state index in [2.05, 4.69) is 26.2 Å². The molecule has 0 aliphatic carbocycles. The molecule has 0 bridgehead atoms. The number of halogens is 1. The van der Waals surface area contributed by atoms with Crippen LogP contribution in [0.4, 0.5) is 0 Å². The van der Waals surface area contributed by atoms with Crippen molar-refractivity contribution in [1.29, 1.82) is 0 Å². The van der Waals surface area contributed by atoms with Gasteiger partial charge in [0.05, 0.1) is 18.8 Å². The molecule has 122 valence electrons. The Morgan fingerprint density at radius 2 is 2.09 bits per heavy atom. The van der Waals surface area contributed by atoms with E-state index in [9.17, 15) is 4.79 Å². The van der Waals surface area contributed by atoms with Gasteiger partial charge in [-0.2, -0.15) is 0 Å². The third kappa shape index (κ3) is 4.96. The van der Waals surface area contributed by atoms with E-state index < -0.39 is 0 Å². The van der Waals surface area contributed by atoms with Crippen molar-refractivity contribution in [2.45, 2.75) is 26.5 Å². The maximum atomic E-state index is 12.4. The molecule has 0 spiro atoms. The first kappa shape index (κ1) is 17.3. The molecule has 2 rings (SSSR count). The van der Waals surface area contributed by atoms with Crippen LogP contribution in [0.5, 0.6) is 11.6 Å². The second-order valence-electron chi connectivity index (χ2n) is 5.20. The van der Waals surface area contributed by atoms with E-state index >= 15 is 0 Å². The predicted molar refractivity (Wildman–Crippen MR) is 91.9 cm³/mol. The summed E-state index contributed by atoms with van der Waals surface area (Å²) in [6.07, 6.45) is 1.63. The van der Waals surface area contributed by atoms with Crippen molar-refractivity contribution in [3.8, 4) is 11.6 Å². The highest BCUT2D eigenvalue weighted by Crippen LogP contribution is 2.25. The summed E-state index contributed by atoms with van der Waals surface area (Å²) in [6, 6.07) is 8.97. The summed E-state index contributed by atoms with van der Waals surface area (Å²) in [4.78, 5) is 16.5. The number of nitrogens with one attached hydrogen (secondary N) is 1. The van der Waals surface area contributed by atoms with Gasteiger partial charge in [-0.25, -0.2) is 4.98 Å². The van der Waals surface area contributed by atoms with Crippen LogP contribution in [0.2, 0.25) is 0 Å². The molecule has 0 atom stereocenters. The van der Waals surface area contributed by atoms with E-state index in [1.807, 2.05) is 26.0 Å². The van der Waals surface area contributed by atoms with E-state index in [-0.39, 0.29) is 12.0 Å². The van der Waals surface area contributed by atoms with Gasteiger partial charge in [-0.3, -0.25) is 4.79 Å². The van der Waals surface area contributed by atoms with Crippen LogP contribution in [0.1, 0.15) is 29.8 Å². The van der Waals surface area contributed by atoms with Gasteiger partial charge in [0.1, 0.15) is 5.75 Å². The molecule has 0 saturated carbocycles. The summed E-state index contributed by atoms with van der Waals surface area (Å²) in [6.45, 7) is 4.23. The Labute approximate surface area is 144 Å². The Morgan fingerprint density at radius 3 is 2.78 bits per heavy atom. The zero-order valence-corrected chi connectivity index (χ0v) is 14.9. The largest absolute Gasteiger partial charge is 0.490 e. The first-order valence-corrected chi connectivity index (χ1v) is 8.02. The van der Waals surface area contributed by atoms with Crippen molar-refractivity contribution < 1.29 is 14.3 Å². The molecule has 0 radical (unpaired) electrons. The van der Waals surface area contributed by atoms with Gasteiger partial charge in [0.25, 0.3) is 5.91 Å². The van der Waals surface area contributed by atoms with Crippen molar-refractivity contribution in [3.63, 3.8) is 0 Å². The molecule has 5 nitrogen and oxygen atoms in total. The average Bonchev–Trinajstić information content (AvgIpc) is 2.52. The number of methoxy groups -OCH3 is 1. The van der Waals surface area contributed by atoms with Crippen LogP contribution < -0.4 is 14.8 Å². The van der Waals surface area contributed by atoms with Gasteiger partial charge < -0.3 is 14.8 Å². The summed E-state index contributed by atoms with van der Waals surface area (Å²) >= 11 is 3.39. The van der Waals surface area contributed by atoms with Crippen molar-refractivity contribution in [1.82, 2.24) is 10.3 Å². The fourth-order valence-corrected chi connectivity index (χ4v) is 2.32. The van der Waals surface area contributed by atoms with Crippen molar-refractivity contribution in [2.75, 3.05) is 7.11 Å². The van der Waals surface area contributed by atoms with Gasteiger partial charge >= 0.3 is 0 Å². The molecule has 2 aromatic rings. The first-order chi connectivity index (χ1) is 11.0. The number of rotatable bonds is 6. The summed E-state index contributed by atoms with van der Waals surface area (Å²) in [5.74, 6) is 0.882. The number of pyridine rings is 1. The van der Waals surface area contributed by atoms with E-state index in [1.54, 1.807) is 31.5 Å². The Hall–Kier alpha value is -2.08. The number of hydrogen-bond acceptors (Lipinski definition) is 4. The van der Waals surface area contributed by atoms with Gasteiger partial charge in [0.2, 0.25) is 5.88 Å². The third-order valence-corrected chi connectivity index (χ3v) is 3.51. The molecule has 23 heavy (non-hydrogen) atoms. The van der Waals surface area contributed by atoms with Crippen molar-refractivity contribution >= 4 is 21.8 Å². The van der Waals surface area contributed by atoms with Gasteiger partial charge in [-0.15, -0.1) is 0 Å². The minimum Gasteiger partial charge on any atom is -0.490 e. The second kappa shape index (κ2) is 7.97. The normalized spacial score (nSPS) is 10.5. The summed E-state index contributed by atoms with van der Waals surface area (Å²) in [7, 11) is 1.56. The standard InChI is InChI=1S/C17H19BrN2O3/c1-11(2)23-15-9-13(18)4-5-14(15)17(21)20-10-12-6-7-19-16(8-12)22-3/h4-9,11H,10H2,1-3H3,(H,20,21). The Morgan fingerprint density at radius 1 is 1.30 bits per heavy atom. The third-order valence-electron chi connectivity index (χ3n) is 3.01. The Balaban J connectivity index is 2.11. The lowest BCUT2D eigenvalue weighted by molar-refractivity contribution is 0.0945. The number of nitrogens with zero attached hydrogens (tertiary/aromatic N) is 1. The maximum Gasteiger partial charge on any atom is 0.255 e. The van der Waals surface area contributed by atoms with Crippen molar-refractivity contribution in [3.05, 3.63) is 52.1 Å². The van der Waals surface area contributed by atoms with E-state index in [4.69, 9.17) is 9.47 Å². The number of hydrogen-bond donors (Lipinski definition) is 1. The predicted octanol–water partition coefficient (Wildman–Crippen LogP) is 3.57. The molecule has 0 unspecified atom stereocenters. The first-order valence-electron chi connectivity index (χ1n) is 7.23. The zero-order valence-electron chi connectivity index (χ0n) is 13.3. The van der Waals surface area contributed by atoms with Crippen LogP contribution in [0.3, 0.4) is 0 Å². The zero-order chi connectivity index (χ0) is 16.8. The molecule has 0 aliphatic heterocycles. The molecule has 1 N–H and O–H groups in total. The highest BCUT2D eigenvalue weighted by molar-refractivity contribution is 9.10. The minimum absolute atomic E-state index is 0.0136. The lowest BCUT2D eigenvalue weighted by Crippen LogP contribution is -2.24. The fourth-order valence-electron chi connectivity index (χ4n) is 1.98. The molecule has 6 heteroatoms. The maximum absolute atomic E-state index is 12.4. The van der Waals surface area contributed by atoms with Crippen LogP contribution in [0, 0.1) is 0 Å². The fraction of sp³-hybridized carbons (Fsp3) is 0.294. The smallest absolute Gasteiger partial charge is 0.255 e. The quantitative estimate of drug-likeness (QED) is 0.834. The minimum atomic E-state index is -0.191. The average molecular weight is 379 g/mol. The lowest BCUT2D eigenvalue weighted by atomic mass is 10.1. The molecular formula is C17H19BrN2O3.